The largest absolute Gasteiger partial charge is 0.0654 e. The summed E-state index contributed by atoms with van der Waals surface area (Å²) in [6.07, 6.45) is 4.95. The molecule has 0 aliphatic carbocycles. The van der Waals surface area contributed by atoms with Gasteiger partial charge in [-0.3, -0.25) is 0 Å². The van der Waals surface area contributed by atoms with Crippen LogP contribution in [0.25, 0.3) is 75.4 Å². The molecule has 0 spiro atoms. The van der Waals surface area contributed by atoms with Gasteiger partial charge in [-0.25, -0.2) is 0 Å². The smallest absolute Gasteiger partial charge is 0.000763 e. The number of rotatable bonds is 4. The van der Waals surface area contributed by atoms with Gasteiger partial charge in [-0.05, 0) is 99.9 Å². The van der Waals surface area contributed by atoms with Crippen molar-refractivity contribution >= 4 is 75.4 Å². The third-order valence-corrected chi connectivity index (χ3v) is 8.61. The maximum atomic E-state index is 2.46. The average molecular weight is 473 g/mol. The first-order valence-corrected chi connectivity index (χ1v) is 13.7. The Morgan fingerprint density at radius 3 is 2.03 bits per heavy atom. The summed E-state index contributed by atoms with van der Waals surface area (Å²) < 4.78 is 0. The van der Waals surface area contributed by atoms with Crippen LogP contribution in [0.1, 0.15) is 31.7 Å². The van der Waals surface area contributed by atoms with Crippen LogP contribution in [0, 0.1) is 0 Å². The van der Waals surface area contributed by atoms with E-state index in [9.17, 15) is 0 Å². The summed E-state index contributed by atoms with van der Waals surface area (Å²) in [6, 6.07) is 39.2. The number of unbranched alkanes of at least 4 members (excludes halogenated alkanes) is 2. The molecule has 0 unspecified atom stereocenters. The summed E-state index contributed by atoms with van der Waals surface area (Å²) in [5.74, 6) is 0. The minimum atomic E-state index is 1.15. The van der Waals surface area contributed by atoms with Crippen molar-refractivity contribution in [3.8, 4) is 0 Å². The Hall–Kier alpha value is -4.16. The van der Waals surface area contributed by atoms with E-state index in [0.29, 0.717) is 0 Å². The molecule has 0 fully saturated rings. The van der Waals surface area contributed by atoms with Crippen molar-refractivity contribution in [3.05, 3.63) is 109 Å². The van der Waals surface area contributed by atoms with Gasteiger partial charge in [0.05, 0.1) is 0 Å². The molecular formula is C37H28. The summed E-state index contributed by atoms with van der Waals surface area (Å²) in [6.45, 7) is 2.28. The van der Waals surface area contributed by atoms with Gasteiger partial charge in [-0.2, -0.15) is 0 Å². The van der Waals surface area contributed by atoms with E-state index in [0.717, 1.165) is 6.42 Å². The van der Waals surface area contributed by atoms with Gasteiger partial charge in [0.2, 0.25) is 0 Å². The molecule has 0 bridgehead atoms. The normalized spacial score (nSPS) is 12.4. The van der Waals surface area contributed by atoms with Gasteiger partial charge in [-0.15, -0.1) is 0 Å². The van der Waals surface area contributed by atoms with E-state index < -0.39 is 0 Å². The molecule has 0 atom stereocenters. The Bertz CT molecular complexity index is 2140. The van der Waals surface area contributed by atoms with E-state index in [1.54, 1.807) is 0 Å². The molecule has 0 N–H and O–H groups in total. The van der Waals surface area contributed by atoms with E-state index in [2.05, 4.69) is 110 Å². The summed E-state index contributed by atoms with van der Waals surface area (Å²) in [7, 11) is 0. The van der Waals surface area contributed by atoms with E-state index in [1.807, 2.05) is 0 Å². The van der Waals surface area contributed by atoms with Gasteiger partial charge in [-0.1, -0.05) is 117 Å². The molecule has 176 valence electrons. The maximum absolute atomic E-state index is 2.46. The lowest BCUT2D eigenvalue weighted by Crippen LogP contribution is -1.92. The van der Waals surface area contributed by atoms with Crippen molar-refractivity contribution in [1.82, 2.24) is 0 Å². The number of fused-ring (bicyclic) bond motifs is 9. The van der Waals surface area contributed by atoms with Crippen molar-refractivity contribution in [2.75, 3.05) is 0 Å². The fourth-order valence-electron chi connectivity index (χ4n) is 6.93. The minimum Gasteiger partial charge on any atom is -0.0654 e. The fourth-order valence-corrected chi connectivity index (χ4v) is 6.93. The first-order valence-electron chi connectivity index (χ1n) is 13.7. The summed E-state index contributed by atoms with van der Waals surface area (Å²) in [4.78, 5) is 0. The van der Waals surface area contributed by atoms with E-state index in [-0.39, 0.29) is 0 Å². The van der Waals surface area contributed by atoms with Crippen LogP contribution in [0.2, 0.25) is 0 Å². The summed E-state index contributed by atoms with van der Waals surface area (Å²) in [5, 5.41) is 19.1. The quantitative estimate of drug-likeness (QED) is 0.136. The molecule has 0 aliphatic heterocycles. The molecule has 0 radical (unpaired) electrons. The van der Waals surface area contributed by atoms with Gasteiger partial charge in [0.1, 0.15) is 0 Å². The second-order valence-electron chi connectivity index (χ2n) is 10.7. The lowest BCUT2D eigenvalue weighted by molar-refractivity contribution is 0.720. The molecule has 0 aromatic heterocycles. The van der Waals surface area contributed by atoms with Crippen LogP contribution in [0.5, 0.6) is 0 Å². The monoisotopic (exact) mass is 472 g/mol. The van der Waals surface area contributed by atoms with Crippen LogP contribution in [-0.4, -0.2) is 0 Å². The molecule has 0 amide bonds. The van der Waals surface area contributed by atoms with Gasteiger partial charge in [0.25, 0.3) is 0 Å². The molecule has 0 saturated carbocycles. The van der Waals surface area contributed by atoms with E-state index in [1.165, 1.54) is 100 Å². The first kappa shape index (κ1) is 21.0. The highest BCUT2D eigenvalue weighted by Gasteiger charge is 2.18. The van der Waals surface area contributed by atoms with Gasteiger partial charge in [0.15, 0.2) is 0 Å². The highest BCUT2D eigenvalue weighted by molar-refractivity contribution is 6.42. The molecular weight excluding hydrogens is 444 g/mol. The SMILES string of the molecule is CCCCCc1cccc2c1ccc1c2cc2ccc3cccc4c5ccc6ccccc6c5c1c2c34. The third kappa shape index (κ3) is 2.90. The lowest BCUT2D eigenvalue weighted by Gasteiger charge is -2.19. The molecule has 0 aliphatic rings. The van der Waals surface area contributed by atoms with Gasteiger partial charge >= 0.3 is 0 Å². The predicted molar refractivity (Wildman–Crippen MR) is 163 cm³/mol. The molecule has 8 rings (SSSR count). The lowest BCUT2D eigenvalue weighted by atomic mass is 9.84. The van der Waals surface area contributed by atoms with E-state index in [4.69, 9.17) is 0 Å². The predicted octanol–water partition coefficient (Wildman–Crippen LogP) is 10.9. The van der Waals surface area contributed by atoms with Crippen molar-refractivity contribution in [2.24, 2.45) is 0 Å². The fraction of sp³-hybridized carbons (Fsp3) is 0.135. The Kier molecular flexibility index (Phi) is 4.49. The van der Waals surface area contributed by atoms with Crippen molar-refractivity contribution in [1.29, 1.82) is 0 Å². The number of aryl methyl sites for hydroxylation is 1. The van der Waals surface area contributed by atoms with E-state index >= 15 is 0 Å². The standard InChI is InChI=1S/C37H28/c1-2-3-4-9-23-11-7-14-29-27(23)20-21-32-33(29)22-26-17-16-25-12-8-15-30-31-19-18-24-10-5-6-13-28(24)36(31)37(32)35(26)34(25)30/h5-8,10-22H,2-4,9H2,1H3. The van der Waals surface area contributed by atoms with Gasteiger partial charge < -0.3 is 0 Å². The summed E-state index contributed by atoms with van der Waals surface area (Å²) in [5.41, 5.74) is 1.48. The van der Waals surface area contributed by atoms with Crippen LogP contribution < -0.4 is 0 Å². The van der Waals surface area contributed by atoms with Gasteiger partial charge in [0, 0.05) is 0 Å². The Balaban J connectivity index is 1.63. The molecule has 8 aromatic carbocycles. The molecule has 0 heteroatoms. The Labute approximate surface area is 216 Å². The highest BCUT2D eigenvalue weighted by Crippen LogP contribution is 2.47. The minimum absolute atomic E-state index is 1.15. The number of hydrogen-bond acceptors (Lipinski definition) is 0. The number of hydrogen-bond donors (Lipinski definition) is 0. The second-order valence-corrected chi connectivity index (χ2v) is 10.7. The van der Waals surface area contributed by atoms with Crippen LogP contribution in [0.4, 0.5) is 0 Å². The van der Waals surface area contributed by atoms with Crippen LogP contribution in [-0.2, 0) is 6.42 Å². The van der Waals surface area contributed by atoms with Crippen molar-refractivity contribution in [3.63, 3.8) is 0 Å². The zero-order valence-electron chi connectivity index (χ0n) is 21.1. The van der Waals surface area contributed by atoms with Crippen molar-refractivity contribution in [2.45, 2.75) is 32.6 Å². The Morgan fingerprint density at radius 1 is 0.405 bits per heavy atom. The third-order valence-electron chi connectivity index (χ3n) is 8.61. The topological polar surface area (TPSA) is 0 Å². The number of benzene rings is 8. The molecule has 0 nitrogen and oxygen atoms in total. The average Bonchev–Trinajstić information content (AvgIpc) is 2.95. The molecule has 0 heterocycles. The van der Waals surface area contributed by atoms with Crippen LogP contribution in [0.15, 0.2) is 103 Å². The summed E-state index contributed by atoms with van der Waals surface area (Å²) >= 11 is 0. The van der Waals surface area contributed by atoms with Crippen LogP contribution in [0.3, 0.4) is 0 Å². The Morgan fingerprint density at radius 2 is 1.08 bits per heavy atom. The zero-order valence-corrected chi connectivity index (χ0v) is 21.1. The second kappa shape index (κ2) is 7.92. The first-order chi connectivity index (χ1) is 18.3. The maximum Gasteiger partial charge on any atom is -0.000763 e. The van der Waals surface area contributed by atoms with Crippen LogP contribution >= 0.6 is 0 Å². The molecule has 0 saturated heterocycles. The van der Waals surface area contributed by atoms with Crippen molar-refractivity contribution < 1.29 is 0 Å². The molecule has 37 heavy (non-hydrogen) atoms. The zero-order chi connectivity index (χ0) is 24.5. The highest BCUT2D eigenvalue weighted by atomic mass is 14.2. The molecule has 8 aromatic rings.